The van der Waals surface area contributed by atoms with Crippen LogP contribution >= 0.6 is 34.7 Å². The monoisotopic (exact) mass is 351 g/mol. The molecule has 0 spiro atoms. The van der Waals surface area contributed by atoms with Gasteiger partial charge in [0.2, 0.25) is 0 Å². The van der Waals surface area contributed by atoms with Crippen molar-refractivity contribution in [2.75, 3.05) is 11.5 Å². The summed E-state index contributed by atoms with van der Waals surface area (Å²) in [4.78, 5) is 14.0. The predicted octanol–water partition coefficient (Wildman–Crippen LogP) is 4.07. The van der Waals surface area contributed by atoms with Crippen LogP contribution in [-0.2, 0) is 0 Å². The Morgan fingerprint density at radius 3 is 2.77 bits per heavy atom. The number of nitrogen functional groups attached to an aromatic ring is 2. The van der Waals surface area contributed by atoms with E-state index in [1.807, 2.05) is 26.1 Å². The van der Waals surface area contributed by atoms with Gasteiger partial charge in [-0.25, -0.2) is 9.97 Å². The van der Waals surface area contributed by atoms with E-state index in [1.54, 1.807) is 11.3 Å². The summed E-state index contributed by atoms with van der Waals surface area (Å²) in [5, 5.41) is 1.98. The molecule has 3 aromatic rings. The molecule has 0 aromatic carbocycles. The first-order valence-electron chi connectivity index (χ1n) is 6.55. The van der Waals surface area contributed by atoms with Gasteiger partial charge in [-0.05, 0) is 19.9 Å². The molecule has 0 aliphatic carbocycles. The second-order valence-corrected chi connectivity index (χ2v) is 7.79. The van der Waals surface area contributed by atoms with Crippen molar-refractivity contribution >= 4 is 56.3 Å². The van der Waals surface area contributed by atoms with Crippen LogP contribution in [0.3, 0.4) is 0 Å². The lowest BCUT2D eigenvalue weighted by Gasteiger charge is -2.10. The van der Waals surface area contributed by atoms with Crippen molar-refractivity contribution in [3.8, 4) is 0 Å². The summed E-state index contributed by atoms with van der Waals surface area (Å²) in [5.41, 5.74) is 13.6. The number of fused-ring (bicyclic) bond motifs is 1. The highest BCUT2D eigenvalue weighted by Crippen LogP contribution is 2.37. The van der Waals surface area contributed by atoms with Crippen LogP contribution in [0.2, 0.25) is 5.15 Å². The molecule has 0 saturated carbocycles. The number of nitrogens with two attached hydrogens (primary N) is 2. The lowest BCUT2D eigenvalue weighted by Crippen LogP contribution is -1.98. The minimum Gasteiger partial charge on any atom is -0.397 e. The molecule has 5 nitrogen and oxygen atoms in total. The Kier molecular flexibility index (Phi) is 4.12. The number of hydrogen-bond donors (Lipinski definition) is 2. The number of anilines is 2. The summed E-state index contributed by atoms with van der Waals surface area (Å²) in [6.07, 6.45) is 1.86. The van der Waals surface area contributed by atoms with Crippen molar-refractivity contribution in [2.24, 2.45) is 0 Å². The zero-order chi connectivity index (χ0) is 15.9. The molecular weight excluding hydrogens is 338 g/mol. The summed E-state index contributed by atoms with van der Waals surface area (Å²) in [5.74, 6) is 0.357. The number of nitrogens with zero attached hydrogens (tertiary/aromatic N) is 3. The number of rotatable bonds is 3. The van der Waals surface area contributed by atoms with E-state index in [4.69, 9.17) is 23.1 Å². The first-order valence-corrected chi connectivity index (χ1v) is 8.62. The van der Waals surface area contributed by atoms with E-state index >= 15 is 0 Å². The van der Waals surface area contributed by atoms with Crippen LogP contribution < -0.4 is 11.5 Å². The SMILES string of the molecule is Cc1sc2cnc(C(C)Sc3nc(N)cc(Cl)n3)cc2c1N. The van der Waals surface area contributed by atoms with Gasteiger partial charge in [-0.2, -0.15) is 0 Å². The molecule has 3 aromatic heterocycles. The van der Waals surface area contributed by atoms with E-state index in [2.05, 4.69) is 15.0 Å². The molecule has 1 atom stereocenters. The van der Waals surface area contributed by atoms with Gasteiger partial charge in [-0.15, -0.1) is 11.3 Å². The van der Waals surface area contributed by atoms with Crippen LogP contribution in [0.4, 0.5) is 11.5 Å². The van der Waals surface area contributed by atoms with Crippen molar-refractivity contribution in [2.45, 2.75) is 24.3 Å². The van der Waals surface area contributed by atoms with Crippen molar-refractivity contribution in [3.63, 3.8) is 0 Å². The Bertz CT molecular complexity index is 828. The highest BCUT2D eigenvalue weighted by molar-refractivity contribution is 7.99. The van der Waals surface area contributed by atoms with Crippen LogP contribution in [0.25, 0.3) is 10.1 Å². The smallest absolute Gasteiger partial charge is 0.191 e. The first kappa shape index (κ1) is 15.3. The Labute approximate surface area is 141 Å². The van der Waals surface area contributed by atoms with Crippen LogP contribution in [0, 0.1) is 6.92 Å². The molecule has 3 heterocycles. The van der Waals surface area contributed by atoms with Crippen molar-refractivity contribution in [3.05, 3.63) is 34.1 Å². The maximum atomic E-state index is 6.12. The van der Waals surface area contributed by atoms with Crippen molar-refractivity contribution in [1.82, 2.24) is 15.0 Å². The second-order valence-electron chi connectivity index (χ2n) is 4.84. The summed E-state index contributed by atoms with van der Waals surface area (Å²) in [7, 11) is 0. The van der Waals surface area contributed by atoms with Gasteiger partial charge in [0.15, 0.2) is 5.16 Å². The Morgan fingerprint density at radius 1 is 1.27 bits per heavy atom. The summed E-state index contributed by atoms with van der Waals surface area (Å²) < 4.78 is 1.10. The lowest BCUT2D eigenvalue weighted by atomic mass is 10.2. The number of aromatic nitrogens is 3. The fourth-order valence-electron chi connectivity index (χ4n) is 2.07. The molecule has 114 valence electrons. The van der Waals surface area contributed by atoms with E-state index in [-0.39, 0.29) is 5.25 Å². The Hall–Kier alpha value is -1.57. The molecule has 0 bridgehead atoms. The summed E-state index contributed by atoms with van der Waals surface area (Å²) in [6.45, 7) is 4.05. The molecule has 1 unspecified atom stereocenters. The van der Waals surface area contributed by atoms with E-state index in [1.165, 1.54) is 17.8 Å². The normalized spacial score (nSPS) is 12.7. The van der Waals surface area contributed by atoms with Gasteiger partial charge in [0, 0.05) is 22.5 Å². The first-order chi connectivity index (χ1) is 10.4. The van der Waals surface area contributed by atoms with E-state index in [9.17, 15) is 0 Å². The zero-order valence-corrected chi connectivity index (χ0v) is 14.4. The maximum absolute atomic E-state index is 6.12. The van der Waals surface area contributed by atoms with E-state index in [0.29, 0.717) is 16.1 Å². The highest BCUT2D eigenvalue weighted by atomic mass is 35.5. The van der Waals surface area contributed by atoms with Gasteiger partial charge in [0.1, 0.15) is 11.0 Å². The second kappa shape index (κ2) is 5.91. The number of halogens is 1. The fraction of sp³-hybridized carbons (Fsp3) is 0.214. The van der Waals surface area contributed by atoms with Crippen LogP contribution in [0.1, 0.15) is 22.7 Å². The number of aryl methyl sites for hydroxylation is 1. The van der Waals surface area contributed by atoms with Gasteiger partial charge in [0.05, 0.1) is 21.3 Å². The number of thiophene rings is 1. The average molecular weight is 352 g/mol. The van der Waals surface area contributed by atoms with Crippen molar-refractivity contribution < 1.29 is 0 Å². The van der Waals surface area contributed by atoms with Gasteiger partial charge in [-0.3, -0.25) is 4.98 Å². The van der Waals surface area contributed by atoms with Crippen LogP contribution in [0.15, 0.2) is 23.5 Å². The summed E-state index contributed by atoms with van der Waals surface area (Å²) >= 11 is 9.02. The Balaban J connectivity index is 1.91. The highest BCUT2D eigenvalue weighted by Gasteiger charge is 2.15. The minimum absolute atomic E-state index is 0.0573. The van der Waals surface area contributed by atoms with E-state index < -0.39 is 0 Å². The topological polar surface area (TPSA) is 90.7 Å². The fourth-order valence-corrected chi connectivity index (χ4v) is 4.12. The average Bonchev–Trinajstić information content (AvgIpc) is 2.72. The Morgan fingerprint density at radius 2 is 2.05 bits per heavy atom. The van der Waals surface area contributed by atoms with Crippen molar-refractivity contribution in [1.29, 1.82) is 0 Å². The predicted molar refractivity (Wildman–Crippen MR) is 94.5 cm³/mol. The standard InChI is InChI=1S/C14H14ClN5S2/c1-6(22-14-19-11(15)4-12(16)20-14)9-3-8-10(5-18-9)21-7(2)13(8)17/h3-6H,17H2,1-2H3,(H2,16,19,20). The minimum atomic E-state index is 0.0573. The molecule has 0 fully saturated rings. The lowest BCUT2D eigenvalue weighted by molar-refractivity contribution is 0.947. The molecule has 22 heavy (non-hydrogen) atoms. The maximum Gasteiger partial charge on any atom is 0.191 e. The van der Waals surface area contributed by atoms with Gasteiger partial charge >= 0.3 is 0 Å². The number of pyridine rings is 1. The van der Waals surface area contributed by atoms with Gasteiger partial charge < -0.3 is 11.5 Å². The quantitative estimate of drug-likeness (QED) is 0.420. The largest absolute Gasteiger partial charge is 0.397 e. The molecule has 4 N–H and O–H groups in total. The zero-order valence-electron chi connectivity index (χ0n) is 12.0. The third-order valence-corrected chi connectivity index (χ3v) is 5.47. The molecule has 0 amide bonds. The number of thioether (sulfide) groups is 1. The molecule has 0 saturated heterocycles. The third kappa shape index (κ3) is 2.97. The van der Waals surface area contributed by atoms with Gasteiger partial charge in [0.25, 0.3) is 0 Å². The van der Waals surface area contributed by atoms with E-state index in [0.717, 1.165) is 26.3 Å². The van der Waals surface area contributed by atoms with Gasteiger partial charge in [-0.1, -0.05) is 23.4 Å². The third-order valence-electron chi connectivity index (χ3n) is 3.21. The summed E-state index contributed by atoms with van der Waals surface area (Å²) in [6, 6.07) is 3.55. The molecule has 3 rings (SSSR count). The molecular formula is C14H14ClN5S2. The molecule has 8 heteroatoms. The van der Waals surface area contributed by atoms with Crippen LogP contribution in [-0.4, -0.2) is 15.0 Å². The molecule has 0 aliphatic rings. The number of hydrogen-bond acceptors (Lipinski definition) is 7. The van der Waals surface area contributed by atoms with Crippen LogP contribution in [0.5, 0.6) is 0 Å². The molecule has 0 aliphatic heterocycles. The molecule has 0 radical (unpaired) electrons.